The van der Waals surface area contributed by atoms with Gasteiger partial charge in [0.1, 0.15) is 18.2 Å². The zero-order valence-corrected chi connectivity index (χ0v) is 12.5. The zero-order valence-electron chi connectivity index (χ0n) is 12.5. The first kappa shape index (κ1) is 17.9. The highest BCUT2D eigenvalue weighted by Gasteiger charge is 2.12. The van der Waals surface area contributed by atoms with Crippen molar-refractivity contribution in [1.29, 1.82) is 0 Å². The SMILES string of the molecule is CCCN(CC(=O)O)CC(=O)NCCOc1cccc(F)c1. The van der Waals surface area contributed by atoms with Gasteiger partial charge >= 0.3 is 5.97 Å². The van der Waals surface area contributed by atoms with Crippen LogP contribution in [0.5, 0.6) is 5.75 Å². The van der Waals surface area contributed by atoms with Gasteiger partial charge in [-0.1, -0.05) is 13.0 Å². The van der Waals surface area contributed by atoms with E-state index in [-0.39, 0.29) is 38.0 Å². The van der Waals surface area contributed by atoms with E-state index < -0.39 is 5.97 Å². The Labute approximate surface area is 128 Å². The number of benzene rings is 1. The molecule has 0 radical (unpaired) electrons. The third-order valence-electron chi connectivity index (χ3n) is 2.75. The fourth-order valence-corrected chi connectivity index (χ4v) is 1.90. The highest BCUT2D eigenvalue weighted by Crippen LogP contribution is 2.11. The molecule has 0 unspecified atom stereocenters. The average Bonchev–Trinajstić information content (AvgIpc) is 2.43. The number of aliphatic carboxylic acids is 1. The van der Waals surface area contributed by atoms with Crippen LogP contribution in [0.2, 0.25) is 0 Å². The van der Waals surface area contributed by atoms with Gasteiger partial charge in [0, 0.05) is 6.07 Å². The maximum atomic E-state index is 12.9. The largest absolute Gasteiger partial charge is 0.492 e. The number of hydrogen-bond donors (Lipinski definition) is 2. The van der Waals surface area contributed by atoms with E-state index >= 15 is 0 Å². The topological polar surface area (TPSA) is 78.9 Å². The second kappa shape index (κ2) is 9.73. The number of ether oxygens (including phenoxy) is 1. The van der Waals surface area contributed by atoms with Gasteiger partial charge in [-0.15, -0.1) is 0 Å². The number of carbonyl (C=O) groups excluding carboxylic acids is 1. The molecule has 0 atom stereocenters. The van der Waals surface area contributed by atoms with E-state index in [1.807, 2.05) is 6.92 Å². The van der Waals surface area contributed by atoms with E-state index in [1.165, 1.54) is 18.2 Å². The van der Waals surface area contributed by atoms with Gasteiger partial charge in [0.05, 0.1) is 19.6 Å². The van der Waals surface area contributed by atoms with Crippen LogP contribution in [0.15, 0.2) is 24.3 Å². The van der Waals surface area contributed by atoms with Gasteiger partial charge in [0.25, 0.3) is 0 Å². The molecule has 0 heterocycles. The molecule has 0 bridgehead atoms. The Kier molecular flexibility index (Phi) is 7.91. The quantitative estimate of drug-likeness (QED) is 0.633. The first-order chi connectivity index (χ1) is 10.5. The molecule has 122 valence electrons. The smallest absolute Gasteiger partial charge is 0.317 e. The minimum Gasteiger partial charge on any atom is -0.492 e. The van der Waals surface area contributed by atoms with Gasteiger partial charge < -0.3 is 15.2 Å². The molecule has 22 heavy (non-hydrogen) atoms. The number of carboxylic acids is 1. The molecule has 2 N–H and O–H groups in total. The minimum absolute atomic E-state index is 0.0279. The summed E-state index contributed by atoms with van der Waals surface area (Å²) in [6, 6.07) is 5.75. The van der Waals surface area contributed by atoms with Crippen molar-refractivity contribution >= 4 is 11.9 Å². The lowest BCUT2D eigenvalue weighted by molar-refractivity contribution is -0.138. The molecule has 6 nitrogen and oxygen atoms in total. The lowest BCUT2D eigenvalue weighted by Gasteiger charge is -2.18. The van der Waals surface area contributed by atoms with E-state index in [2.05, 4.69) is 5.32 Å². The second-order valence-electron chi connectivity index (χ2n) is 4.76. The Morgan fingerprint density at radius 2 is 2.14 bits per heavy atom. The summed E-state index contributed by atoms with van der Waals surface area (Å²) >= 11 is 0. The predicted molar refractivity (Wildman–Crippen MR) is 79.3 cm³/mol. The monoisotopic (exact) mass is 312 g/mol. The molecule has 1 rings (SSSR count). The molecule has 7 heteroatoms. The van der Waals surface area contributed by atoms with Crippen molar-refractivity contribution in [3.63, 3.8) is 0 Å². The minimum atomic E-state index is -0.962. The van der Waals surface area contributed by atoms with Gasteiger partial charge in [-0.3, -0.25) is 14.5 Å². The molecule has 0 aromatic heterocycles. The average molecular weight is 312 g/mol. The Balaban J connectivity index is 2.25. The molecule has 0 aliphatic carbocycles. The van der Waals surface area contributed by atoms with Gasteiger partial charge in [-0.05, 0) is 25.1 Å². The molecule has 0 saturated carbocycles. The number of amides is 1. The second-order valence-corrected chi connectivity index (χ2v) is 4.76. The van der Waals surface area contributed by atoms with Crippen LogP contribution in [0.1, 0.15) is 13.3 Å². The van der Waals surface area contributed by atoms with Crippen molar-refractivity contribution in [2.45, 2.75) is 13.3 Å². The van der Waals surface area contributed by atoms with Crippen molar-refractivity contribution in [3.8, 4) is 5.75 Å². The van der Waals surface area contributed by atoms with Crippen LogP contribution in [0.4, 0.5) is 4.39 Å². The molecule has 0 saturated heterocycles. The number of nitrogens with zero attached hydrogens (tertiary/aromatic N) is 1. The molecular weight excluding hydrogens is 291 g/mol. The summed E-state index contributed by atoms with van der Waals surface area (Å²) in [5.41, 5.74) is 0. The molecule has 0 spiro atoms. The summed E-state index contributed by atoms with van der Waals surface area (Å²) < 4.78 is 18.2. The van der Waals surface area contributed by atoms with Crippen molar-refractivity contribution in [1.82, 2.24) is 10.2 Å². The Morgan fingerprint density at radius 1 is 1.36 bits per heavy atom. The Hall–Kier alpha value is -2.15. The lowest BCUT2D eigenvalue weighted by atomic mass is 10.3. The van der Waals surface area contributed by atoms with Crippen LogP contribution in [0, 0.1) is 5.82 Å². The summed E-state index contributed by atoms with van der Waals surface area (Å²) in [6.45, 7) is 2.80. The molecular formula is C15H21FN2O4. The molecule has 1 aromatic rings. The van der Waals surface area contributed by atoms with Gasteiger partial charge in [-0.2, -0.15) is 0 Å². The summed E-state index contributed by atoms with van der Waals surface area (Å²) in [4.78, 5) is 24.0. The normalized spacial score (nSPS) is 10.5. The summed E-state index contributed by atoms with van der Waals surface area (Å²) in [5.74, 6) is -1.22. The number of rotatable bonds is 10. The van der Waals surface area contributed by atoms with Crippen molar-refractivity contribution < 1.29 is 23.8 Å². The number of nitrogens with one attached hydrogen (secondary N) is 1. The van der Waals surface area contributed by atoms with E-state index in [1.54, 1.807) is 11.0 Å². The predicted octanol–water partition coefficient (Wildman–Crippen LogP) is 1.12. The van der Waals surface area contributed by atoms with Crippen molar-refractivity contribution in [2.75, 3.05) is 32.8 Å². The van der Waals surface area contributed by atoms with Crippen molar-refractivity contribution in [3.05, 3.63) is 30.1 Å². The van der Waals surface area contributed by atoms with Crippen LogP contribution in [0.3, 0.4) is 0 Å². The van der Waals surface area contributed by atoms with E-state index in [9.17, 15) is 14.0 Å². The van der Waals surface area contributed by atoms with Crippen LogP contribution in [0.25, 0.3) is 0 Å². The maximum Gasteiger partial charge on any atom is 0.317 e. The molecule has 1 amide bonds. The summed E-state index contributed by atoms with van der Waals surface area (Å²) in [7, 11) is 0. The molecule has 0 fully saturated rings. The summed E-state index contributed by atoms with van der Waals surface area (Å²) in [5, 5.41) is 11.4. The van der Waals surface area contributed by atoms with Crippen LogP contribution < -0.4 is 10.1 Å². The van der Waals surface area contributed by atoms with Crippen LogP contribution in [-0.2, 0) is 9.59 Å². The van der Waals surface area contributed by atoms with E-state index in [4.69, 9.17) is 9.84 Å². The first-order valence-corrected chi connectivity index (χ1v) is 7.10. The molecule has 0 aliphatic heterocycles. The fourth-order valence-electron chi connectivity index (χ4n) is 1.90. The Morgan fingerprint density at radius 3 is 2.77 bits per heavy atom. The number of carboxylic acid groups (broad SMARTS) is 1. The van der Waals surface area contributed by atoms with Gasteiger partial charge in [-0.25, -0.2) is 4.39 Å². The third kappa shape index (κ3) is 7.58. The Bertz CT molecular complexity index is 496. The number of hydrogen-bond acceptors (Lipinski definition) is 4. The van der Waals surface area contributed by atoms with Gasteiger partial charge in [0.2, 0.25) is 5.91 Å². The highest BCUT2D eigenvalue weighted by molar-refractivity contribution is 5.79. The summed E-state index contributed by atoms with van der Waals surface area (Å²) in [6.07, 6.45) is 0.767. The zero-order chi connectivity index (χ0) is 16.4. The van der Waals surface area contributed by atoms with Crippen LogP contribution in [-0.4, -0.2) is 54.7 Å². The van der Waals surface area contributed by atoms with Gasteiger partial charge in [0.15, 0.2) is 0 Å². The maximum absolute atomic E-state index is 12.9. The number of halogens is 1. The standard InChI is InChI=1S/C15H21FN2O4/c1-2-7-18(11-15(20)21)10-14(19)17-6-8-22-13-5-3-4-12(16)9-13/h3-5,9H,2,6-8,10-11H2,1H3,(H,17,19)(H,20,21). The van der Waals surface area contributed by atoms with Crippen molar-refractivity contribution in [2.24, 2.45) is 0 Å². The van der Waals surface area contributed by atoms with E-state index in [0.29, 0.717) is 12.3 Å². The van der Waals surface area contributed by atoms with Crippen LogP contribution >= 0.6 is 0 Å². The lowest BCUT2D eigenvalue weighted by Crippen LogP contribution is -2.41. The first-order valence-electron chi connectivity index (χ1n) is 7.10. The van der Waals surface area contributed by atoms with E-state index in [0.717, 1.165) is 6.42 Å². The fraction of sp³-hybridized carbons (Fsp3) is 0.467. The molecule has 0 aliphatic rings. The highest BCUT2D eigenvalue weighted by atomic mass is 19.1. The number of carbonyl (C=O) groups is 2. The molecule has 1 aromatic carbocycles. The third-order valence-corrected chi connectivity index (χ3v) is 2.75.